The van der Waals surface area contributed by atoms with Gasteiger partial charge in [0.25, 0.3) is 0 Å². The summed E-state index contributed by atoms with van der Waals surface area (Å²) < 4.78 is 9.89. The van der Waals surface area contributed by atoms with E-state index in [1.54, 1.807) is 0 Å². The van der Waals surface area contributed by atoms with E-state index in [0.717, 1.165) is 26.4 Å². The first-order valence-corrected chi connectivity index (χ1v) is 16.8. The monoisotopic (exact) mass is 1060 g/mol. The summed E-state index contributed by atoms with van der Waals surface area (Å²) in [5.41, 5.74) is 0. The Labute approximate surface area is 345 Å². The summed E-state index contributed by atoms with van der Waals surface area (Å²) in [5.74, 6) is -3.44. The molecule has 2 saturated heterocycles. The van der Waals surface area contributed by atoms with Gasteiger partial charge in [-0.1, -0.05) is 139 Å². The Morgan fingerprint density at radius 3 is 0.489 bits per heavy atom. The van der Waals surface area contributed by atoms with E-state index in [2.05, 4.69) is 0 Å². The minimum atomic E-state index is -0.573. The van der Waals surface area contributed by atoms with Gasteiger partial charge in [-0.05, 0) is 25.7 Å². The maximum atomic E-state index is 9.08. The zero-order valence-electron chi connectivity index (χ0n) is 23.1. The van der Waals surface area contributed by atoms with Crippen molar-refractivity contribution in [2.75, 3.05) is 26.4 Å². The summed E-state index contributed by atoms with van der Waals surface area (Å²) in [5, 5.41) is 52.7. The Morgan fingerprint density at radius 2 is 0.404 bits per heavy atom. The van der Waals surface area contributed by atoms with Crippen molar-refractivity contribution in [3.05, 3.63) is 60.3 Å². The number of phenols is 6. The minimum Gasteiger partial charge on any atom is -0.503 e. The molecule has 0 aliphatic carbocycles. The second-order valence-electron chi connectivity index (χ2n) is 8.50. The molecule has 0 unspecified atom stereocenters. The number of hydrogen-bond acceptors (Lipinski definition) is 8. The fraction of sp³-hybridized carbons (Fsp3) is 0.308. The van der Waals surface area contributed by atoms with Crippen LogP contribution in [-0.4, -0.2) is 57.1 Å². The van der Waals surface area contributed by atoms with Crippen molar-refractivity contribution in [1.29, 1.82) is 0 Å². The van der Waals surface area contributed by atoms with E-state index in [0.29, 0.717) is 0 Å². The van der Waals surface area contributed by atoms with Crippen molar-refractivity contribution in [2.24, 2.45) is 0 Å². The molecule has 6 N–H and O–H groups in total. The van der Waals surface area contributed by atoms with Crippen molar-refractivity contribution in [1.82, 2.24) is 0 Å². The number of rotatable bonds is 0. The van der Waals surface area contributed by atoms with Crippen molar-refractivity contribution in [2.45, 2.75) is 25.7 Å². The number of phenolic OH excluding ortho intramolecular Hbond substituents is 6. The second kappa shape index (κ2) is 23.2. The fourth-order valence-electron chi connectivity index (χ4n) is 2.85. The van der Waals surface area contributed by atoms with Gasteiger partial charge in [0.2, 0.25) is 0 Å². The molecule has 5 rings (SSSR count). The van der Waals surface area contributed by atoms with Crippen LogP contribution in [0.4, 0.5) is 0 Å². The first-order chi connectivity index (χ1) is 21.4. The van der Waals surface area contributed by atoms with Crippen LogP contribution < -0.4 is 0 Å². The summed E-state index contributed by atoms with van der Waals surface area (Å²) in [6.07, 6.45) is 5.11. The van der Waals surface area contributed by atoms with Crippen molar-refractivity contribution < 1.29 is 62.5 Å². The van der Waals surface area contributed by atoms with Crippen LogP contribution in [0.1, 0.15) is 25.7 Å². The van der Waals surface area contributed by atoms with Gasteiger partial charge in [-0.2, -0.15) is 0 Å². The van der Waals surface area contributed by atoms with Crippen LogP contribution in [0.5, 0.6) is 34.5 Å². The van der Waals surface area contributed by atoms with Crippen LogP contribution in [-0.2, 0) is 31.9 Å². The molecule has 0 bridgehead atoms. The van der Waals surface area contributed by atoms with Crippen LogP contribution in [0.2, 0.25) is 60.3 Å². The van der Waals surface area contributed by atoms with E-state index in [1.165, 1.54) is 25.7 Å². The van der Waals surface area contributed by atoms with Crippen molar-refractivity contribution >= 4 is 139 Å². The predicted molar refractivity (Wildman–Crippen MR) is 190 cm³/mol. The molecule has 2 aliphatic rings. The molecule has 2 fully saturated rings. The molecule has 3 aromatic rings. The van der Waals surface area contributed by atoms with Crippen molar-refractivity contribution in [3.8, 4) is 34.5 Å². The third kappa shape index (κ3) is 13.6. The molecule has 0 saturated carbocycles. The number of ether oxygens (including phenoxy) is 2. The standard InChI is InChI=1S/3C6H2Cl4O2.2C4H8O.Ta/c3*7-1-2(8)4(10)6(12)5(11)3(1)9;2*1-2-4-5-3-1;/h3*11-12H;2*1-4H2;. The first-order valence-electron chi connectivity index (χ1n) is 12.3. The Balaban J connectivity index is 0.000000583. The van der Waals surface area contributed by atoms with E-state index in [1.807, 2.05) is 0 Å². The second-order valence-corrected chi connectivity index (χ2v) is 13.0. The zero-order valence-corrected chi connectivity index (χ0v) is 35.4. The third-order valence-corrected chi connectivity index (χ3v) is 10.7. The van der Waals surface area contributed by atoms with E-state index in [-0.39, 0.29) is 82.7 Å². The molecule has 3 aromatic carbocycles. The molecule has 0 amide bonds. The Kier molecular flexibility index (Phi) is 23.5. The Bertz CT molecular complexity index is 1010. The SMILES string of the molecule is C1CCOC1.C1CCOC1.Oc1c(O)c(Cl)c(Cl)c(Cl)c1Cl.Oc1c(O)c(Cl)c(Cl)c(Cl)c1Cl.Oc1c(O)c(Cl)c(Cl)c(Cl)c1Cl.[Ta]. The molecular weight excluding hydrogens is 1050 g/mol. The van der Waals surface area contributed by atoms with Gasteiger partial charge in [-0.15, -0.1) is 0 Å². The molecule has 0 aromatic heterocycles. The molecule has 1 radical (unpaired) electrons. The fourth-order valence-corrected chi connectivity index (χ4v) is 5.34. The normalized spacial score (nSPS) is 13.0. The van der Waals surface area contributed by atoms with Gasteiger partial charge in [-0.25, -0.2) is 0 Å². The van der Waals surface area contributed by atoms with E-state index in [9.17, 15) is 0 Å². The molecule has 0 atom stereocenters. The van der Waals surface area contributed by atoms with E-state index >= 15 is 0 Å². The first kappa shape index (κ1) is 47.6. The van der Waals surface area contributed by atoms with Crippen LogP contribution in [0.15, 0.2) is 0 Å². The molecule has 263 valence electrons. The molecule has 2 aliphatic heterocycles. The van der Waals surface area contributed by atoms with Crippen LogP contribution in [0, 0.1) is 0 Å². The number of halogens is 12. The van der Waals surface area contributed by atoms with E-state index in [4.69, 9.17) is 179 Å². The minimum absolute atomic E-state index is 0. The summed E-state index contributed by atoms with van der Waals surface area (Å²) in [6.45, 7) is 4.00. The van der Waals surface area contributed by atoms with Gasteiger partial charge in [0.15, 0.2) is 34.5 Å². The number of hydrogen-bond donors (Lipinski definition) is 6. The molecule has 21 heteroatoms. The van der Waals surface area contributed by atoms with Gasteiger partial charge in [0, 0.05) is 48.8 Å². The van der Waals surface area contributed by atoms with E-state index < -0.39 is 34.5 Å². The summed E-state index contributed by atoms with van der Waals surface area (Å²) >= 11 is 66.1. The van der Waals surface area contributed by atoms with Crippen LogP contribution in [0.3, 0.4) is 0 Å². The number of aromatic hydroxyl groups is 6. The molecule has 47 heavy (non-hydrogen) atoms. The summed E-state index contributed by atoms with van der Waals surface area (Å²) in [6, 6.07) is 0. The smallest absolute Gasteiger partial charge is 0.179 e. The Morgan fingerprint density at radius 1 is 0.277 bits per heavy atom. The predicted octanol–water partition coefficient (Wildman–Crippen LogP) is 12.7. The van der Waals surface area contributed by atoms with Crippen molar-refractivity contribution in [3.63, 3.8) is 0 Å². The van der Waals surface area contributed by atoms with Gasteiger partial charge < -0.3 is 40.1 Å². The van der Waals surface area contributed by atoms with Crippen LogP contribution in [0.25, 0.3) is 0 Å². The largest absolute Gasteiger partial charge is 0.503 e. The topological polar surface area (TPSA) is 140 Å². The molecular formula is C26H22Cl12O8Ta. The Hall–Kier alpha value is 0.600. The average molecular weight is 1070 g/mol. The summed E-state index contributed by atoms with van der Waals surface area (Å²) in [4.78, 5) is 0. The summed E-state index contributed by atoms with van der Waals surface area (Å²) in [7, 11) is 0. The molecule has 2 heterocycles. The third-order valence-electron chi connectivity index (χ3n) is 5.31. The maximum absolute atomic E-state index is 9.08. The molecule has 8 nitrogen and oxygen atoms in total. The maximum Gasteiger partial charge on any atom is 0.179 e. The molecule has 0 spiro atoms. The zero-order chi connectivity index (χ0) is 35.5. The van der Waals surface area contributed by atoms with Gasteiger partial charge in [-0.3, -0.25) is 0 Å². The van der Waals surface area contributed by atoms with Gasteiger partial charge >= 0.3 is 0 Å². The van der Waals surface area contributed by atoms with Gasteiger partial charge in [0.1, 0.15) is 30.1 Å². The quantitative estimate of drug-likeness (QED) is 0.0743. The van der Waals surface area contributed by atoms with Gasteiger partial charge in [0.05, 0.1) is 30.1 Å². The van der Waals surface area contributed by atoms with Crippen LogP contribution >= 0.6 is 139 Å². The number of benzene rings is 3. The average Bonchev–Trinajstić information content (AvgIpc) is 3.85.